The normalized spacial score (nSPS) is 10.9. The standard InChI is InChI=1S/C15H15Br2NO3/c1-3-4-5-21-15(19)11(9-18)6-10-7-12(16)8-13(17)14(10)20-2/h6-8H,3-5H2,1-2H3/b11-6+. The van der Waals surface area contributed by atoms with Gasteiger partial charge in [-0.3, -0.25) is 0 Å². The van der Waals surface area contributed by atoms with Crippen molar-refractivity contribution in [2.45, 2.75) is 19.8 Å². The molecule has 0 aliphatic rings. The molecule has 0 radical (unpaired) electrons. The molecule has 0 amide bonds. The largest absolute Gasteiger partial charge is 0.495 e. The second kappa shape index (κ2) is 8.85. The number of rotatable bonds is 6. The van der Waals surface area contributed by atoms with E-state index in [1.165, 1.54) is 13.2 Å². The smallest absolute Gasteiger partial charge is 0.348 e. The molecule has 0 saturated heterocycles. The van der Waals surface area contributed by atoms with Gasteiger partial charge >= 0.3 is 5.97 Å². The molecule has 1 aromatic carbocycles. The Hall–Kier alpha value is -1.32. The molecule has 0 bridgehead atoms. The number of benzene rings is 1. The molecule has 0 fully saturated rings. The van der Waals surface area contributed by atoms with E-state index in [1.807, 2.05) is 19.1 Å². The van der Waals surface area contributed by atoms with Crippen molar-refractivity contribution in [3.8, 4) is 11.8 Å². The SMILES string of the molecule is CCCCOC(=O)/C(C#N)=C/c1cc(Br)cc(Br)c1OC. The predicted octanol–water partition coefficient (Wildman–Crippen LogP) is 4.47. The fourth-order valence-corrected chi connectivity index (χ4v) is 3.00. The number of esters is 1. The number of nitrogens with zero attached hydrogens (tertiary/aromatic N) is 1. The summed E-state index contributed by atoms with van der Waals surface area (Å²) in [5.74, 6) is -0.0728. The minimum Gasteiger partial charge on any atom is -0.495 e. The van der Waals surface area contributed by atoms with E-state index in [-0.39, 0.29) is 5.57 Å². The molecule has 0 saturated carbocycles. The van der Waals surface area contributed by atoms with Gasteiger partial charge in [0.15, 0.2) is 0 Å². The molecule has 1 aromatic rings. The van der Waals surface area contributed by atoms with Gasteiger partial charge < -0.3 is 9.47 Å². The molecule has 4 nitrogen and oxygen atoms in total. The fourth-order valence-electron chi connectivity index (χ4n) is 1.58. The maximum Gasteiger partial charge on any atom is 0.348 e. The monoisotopic (exact) mass is 415 g/mol. The second-order valence-corrected chi connectivity index (χ2v) is 5.94. The lowest BCUT2D eigenvalue weighted by Crippen LogP contribution is -2.08. The third-order valence-electron chi connectivity index (χ3n) is 2.61. The molecule has 0 aliphatic carbocycles. The quantitative estimate of drug-likeness (QED) is 0.297. The number of unbranched alkanes of at least 4 members (excludes halogenated alkanes) is 1. The maximum atomic E-state index is 11.8. The van der Waals surface area contributed by atoms with Crippen LogP contribution in [0.5, 0.6) is 5.75 Å². The summed E-state index contributed by atoms with van der Waals surface area (Å²) in [5.41, 5.74) is 0.553. The van der Waals surface area contributed by atoms with E-state index in [0.717, 1.165) is 21.8 Å². The summed E-state index contributed by atoms with van der Waals surface area (Å²) in [6.45, 7) is 2.31. The van der Waals surface area contributed by atoms with E-state index in [0.29, 0.717) is 17.9 Å². The Morgan fingerprint density at radius 2 is 2.14 bits per heavy atom. The lowest BCUT2D eigenvalue weighted by Gasteiger charge is -2.09. The summed E-state index contributed by atoms with van der Waals surface area (Å²) < 4.78 is 11.9. The zero-order valence-corrected chi connectivity index (χ0v) is 15.0. The molecule has 6 heteroatoms. The first-order valence-corrected chi connectivity index (χ1v) is 7.94. The molecule has 112 valence electrons. The van der Waals surface area contributed by atoms with Crippen LogP contribution in [-0.2, 0) is 9.53 Å². The summed E-state index contributed by atoms with van der Waals surface area (Å²) in [5, 5.41) is 9.13. The Bertz CT molecular complexity index is 591. The van der Waals surface area contributed by atoms with Crippen molar-refractivity contribution in [3.63, 3.8) is 0 Å². The topological polar surface area (TPSA) is 59.3 Å². The third kappa shape index (κ3) is 5.18. The van der Waals surface area contributed by atoms with Crippen LogP contribution < -0.4 is 4.74 Å². The second-order valence-electron chi connectivity index (χ2n) is 4.17. The number of halogens is 2. The van der Waals surface area contributed by atoms with E-state index in [2.05, 4.69) is 31.9 Å². The van der Waals surface area contributed by atoms with Crippen LogP contribution >= 0.6 is 31.9 Å². The summed E-state index contributed by atoms with van der Waals surface area (Å²) in [4.78, 5) is 11.8. The predicted molar refractivity (Wildman–Crippen MR) is 87.9 cm³/mol. The summed E-state index contributed by atoms with van der Waals surface area (Å²) in [6, 6.07) is 5.45. The van der Waals surface area contributed by atoms with Crippen molar-refractivity contribution < 1.29 is 14.3 Å². The highest BCUT2D eigenvalue weighted by molar-refractivity contribution is 9.11. The van der Waals surface area contributed by atoms with Gasteiger partial charge in [-0.25, -0.2) is 4.79 Å². The van der Waals surface area contributed by atoms with Crippen LogP contribution in [0, 0.1) is 11.3 Å². The van der Waals surface area contributed by atoms with Gasteiger partial charge in [0.1, 0.15) is 17.4 Å². The molecule has 0 unspecified atom stereocenters. The first-order chi connectivity index (χ1) is 10.0. The zero-order valence-electron chi connectivity index (χ0n) is 11.8. The molecule has 21 heavy (non-hydrogen) atoms. The van der Waals surface area contributed by atoms with E-state index >= 15 is 0 Å². The van der Waals surface area contributed by atoms with E-state index in [9.17, 15) is 4.79 Å². The van der Waals surface area contributed by atoms with Crippen molar-refractivity contribution in [3.05, 3.63) is 32.2 Å². The number of hydrogen-bond acceptors (Lipinski definition) is 4. The molecule has 0 atom stereocenters. The molecule has 0 N–H and O–H groups in total. The minimum atomic E-state index is -0.621. The summed E-state index contributed by atoms with van der Waals surface area (Å²) in [6.07, 6.45) is 3.16. The zero-order chi connectivity index (χ0) is 15.8. The lowest BCUT2D eigenvalue weighted by atomic mass is 10.1. The van der Waals surface area contributed by atoms with Crippen molar-refractivity contribution in [2.75, 3.05) is 13.7 Å². The van der Waals surface area contributed by atoms with Crippen LogP contribution in [0.15, 0.2) is 26.7 Å². The molecule has 0 aromatic heterocycles. The number of carbonyl (C=O) groups excluding carboxylic acids is 1. The average molecular weight is 417 g/mol. The van der Waals surface area contributed by atoms with Crippen molar-refractivity contribution in [1.29, 1.82) is 5.26 Å². The third-order valence-corrected chi connectivity index (χ3v) is 3.66. The lowest BCUT2D eigenvalue weighted by molar-refractivity contribution is -0.138. The van der Waals surface area contributed by atoms with E-state index in [4.69, 9.17) is 14.7 Å². The van der Waals surface area contributed by atoms with Gasteiger partial charge in [-0.15, -0.1) is 0 Å². The Balaban J connectivity index is 3.09. The number of hydrogen-bond donors (Lipinski definition) is 0. The Labute approximate surface area is 141 Å². The molecular weight excluding hydrogens is 402 g/mol. The number of nitriles is 1. The molecule has 1 rings (SSSR count). The van der Waals surface area contributed by atoms with Gasteiger partial charge in [-0.2, -0.15) is 5.26 Å². The average Bonchev–Trinajstić information content (AvgIpc) is 2.44. The summed E-state index contributed by atoms with van der Waals surface area (Å²) >= 11 is 6.74. The fraction of sp³-hybridized carbons (Fsp3) is 0.333. The number of carbonyl (C=O) groups is 1. The maximum absolute atomic E-state index is 11.8. The molecule has 0 heterocycles. The summed E-state index contributed by atoms with van der Waals surface area (Å²) in [7, 11) is 1.52. The highest BCUT2D eigenvalue weighted by Crippen LogP contribution is 2.34. The molecule has 0 aliphatic heterocycles. The molecular formula is C15H15Br2NO3. The minimum absolute atomic E-state index is 0.0607. The van der Waals surface area contributed by atoms with E-state index < -0.39 is 5.97 Å². The van der Waals surface area contributed by atoms with Crippen LogP contribution in [0.4, 0.5) is 0 Å². The Kier molecular flexibility index (Phi) is 7.48. The van der Waals surface area contributed by atoms with E-state index in [1.54, 1.807) is 6.07 Å². The first kappa shape index (κ1) is 17.7. The van der Waals surface area contributed by atoms with Crippen molar-refractivity contribution >= 4 is 43.9 Å². The van der Waals surface area contributed by atoms with Gasteiger partial charge in [-0.1, -0.05) is 29.3 Å². The first-order valence-electron chi connectivity index (χ1n) is 6.35. The highest BCUT2D eigenvalue weighted by atomic mass is 79.9. The van der Waals surface area contributed by atoms with Crippen molar-refractivity contribution in [2.24, 2.45) is 0 Å². The van der Waals surface area contributed by atoms with Gasteiger partial charge in [0, 0.05) is 10.0 Å². The highest BCUT2D eigenvalue weighted by Gasteiger charge is 2.14. The van der Waals surface area contributed by atoms with Gasteiger partial charge in [0.2, 0.25) is 0 Å². The Morgan fingerprint density at radius 1 is 1.43 bits per heavy atom. The molecule has 0 spiro atoms. The van der Waals surface area contributed by atoms with Crippen LogP contribution in [0.2, 0.25) is 0 Å². The van der Waals surface area contributed by atoms with Crippen LogP contribution in [-0.4, -0.2) is 19.7 Å². The number of methoxy groups -OCH3 is 1. The van der Waals surface area contributed by atoms with Gasteiger partial charge in [0.05, 0.1) is 18.2 Å². The van der Waals surface area contributed by atoms with Gasteiger partial charge in [0.25, 0.3) is 0 Å². The Morgan fingerprint density at radius 3 is 2.71 bits per heavy atom. The van der Waals surface area contributed by atoms with Crippen LogP contribution in [0.3, 0.4) is 0 Å². The van der Waals surface area contributed by atoms with Crippen molar-refractivity contribution in [1.82, 2.24) is 0 Å². The van der Waals surface area contributed by atoms with Crippen LogP contribution in [0.1, 0.15) is 25.3 Å². The van der Waals surface area contributed by atoms with Crippen LogP contribution in [0.25, 0.3) is 6.08 Å². The van der Waals surface area contributed by atoms with Gasteiger partial charge in [-0.05, 0) is 40.6 Å². The number of ether oxygens (including phenoxy) is 2.